The Labute approximate surface area is 141 Å². The number of benzene rings is 1. The largest absolute Gasteiger partial charge is 0.496 e. The molecule has 5 nitrogen and oxygen atoms in total. The maximum atomic E-state index is 12.8. The first kappa shape index (κ1) is 16.3. The van der Waals surface area contributed by atoms with E-state index in [9.17, 15) is 9.59 Å². The van der Waals surface area contributed by atoms with Crippen LogP contribution in [0.15, 0.2) is 36.5 Å². The van der Waals surface area contributed by atoms with E-state index in [2.05, 4.69) is 4.98 Å². The van der Waals surface area contributed by atoms with Crippen molar-refractivity contribution in [2.45, 2.75) is 32.2 Å². The summed E-state index contributed by atoms with van der Waals surface area (Å²) in [5, 5.41) is 0. The summed E-state index contributed by atoms with van der Waals surface area (Å²) in [6.45, 7) is 2.24. The van der Waals surface area contributed by atoms with Crippen LogP contribution in [0.4, 0.5) is 0 Å². The first-order chi connectivity index (χ1) is 11.6. The van der Waals surface area contributed by atoms with Crippen molar-refractivity contribution in [1.82, 2.24) is 9.88 Å². The number of carbonyl (C=O) groups is 2. The number of ketones is 1. The summed E-state index contributed by atoms with van der Waals surface area (Å²) in [6.07, 6.45) is 4.34. The minimum absolute atomic E-state index is 0.0418. The van der Waals surface area contributed by atoms with Gasteiger partial charge in [-0.25, -0.2) is 0 Å². The number of carbonyl (C=O) groups excluding carboxylic acids is 2. The van der Waals surface area contributed by atoms with E-state index in [0.29, 0.717) is 11.3 Å². The molecule has 1 fully saturated rings. The molecule has 1 aliphatic rings. The van der Waals surface area contributed by atoms with Gasteiger partial charge in [-0.1, -0.05) is 18.2 Å². The number of H-pyrrole nitrogens is 1. The second-order valence-electron chi connectivity index (χ2n) is 6.17. The average molecular weight is 326 g/mol. The number of aromatic amines is 1. The molecule has 2 aromatic rings. The molecule has 1 aromatic carbocycles. The Kier molecular flexibility index (Phi) is 4.69. The van der Waals surface area contributed by atoms with Crippen LogP contribution >= 0.6 is 0 Å². The molecule has 0 bridgehead atoms. The highest BCUT2D eigenvalue weighted by molar-refractivity contribution is 5.99. The summed E-state index contributed by atoms with van der Waals surface area (Å²) < 4.78 is 5.42. The van der Waals surface area contributed by atoms with Gasteiger partial charge in [0.15, 0.2) is 5.78 Å². The van der Waals surface area contributed by atoms with E-state index in [1.54, 1.807) is 19.4 Å². The van der Waals surface area contributed by atoms with Gasteiger partial charge in [-0.15, -0.1) is 0 Å². The van der Waals surface area contributed by atoms with Crippen molar-refractivity contribution in [1.29, 1.82) is 0 Å². The quantitative estimate of drug-likeness (QED) is 0.859. The van der Waals surface area contributed by atoms with Gasteiger partial charge >= 0.3 is 0 Å². The third-order valence-corrected chi connectivity index (χ3v) is 4.61. The second kappa shape index (κ2) is 6.91. The van der Waals surface area contributed by atoms with Crippen molar-refractivity contribution in [2.24, 2.45) is 0 Å². The van der Waals surface area contributed by atoms with Gasteiger partial charge in [0.25, 0.3) is 5.91 Å². The van der Waals surface area contributed by atoms with E-state index in [0.717, 1.165) is 37.1 Å². The SMILES string of the molecule is COc1ccccc1CC1CCCN1C(=O)c1cc(C(C)=O)c[nH]1. The number of rotatable bonds is 5. The van der Waals surface area contributed by atoms with Gasteiger partial charge in [-0.2, -0.15) is 0 Å². The van der Waals surface area contributed by atoms with E-state index in [1.165, 1.54) is 6.92 Å². The van der Waals surface area contributed by atoms with E-state index >= 15 is 0 Å². The van der Waals surface area contributed by atoms with Gasteiger partial charge in [-0.3, -0.25) is 9.59 Å². The number of hydrogen-bond acceptors (Lipinski definition) is 3. The molecule has 0 spiro atoms. The fourth-order valence-electron chi connectivity index (χ4n) is 3.32. The summed E-state index contributed by atoms with van der Waals surface area (Å²) >= 11 is 0. The van der Waals surface area contributed by atoms with E-state index in [4.69, 9.17) is 4.74 Å². The molecule has 1 aliphatic heterocycles. The molecule has 1 atom stereocenters. The smallest absolute Gasteiger partial charge is 0.270 e. The predicted octanol–water partition coefficient (Wildman–Crippen LogP) is 3.07. The number of Topliss-reactive ketones (excluding diaryl/α,β-unsaturated/α-hetero) is 1. The molecule has 0 saturated carbocycles. The first-order valence-electron chi connectivity index (χ1n) is 8.22. The van der Waals surface area contributed by atoms with Crippen molar-refractivity contribution >= 4 is 11.7 Å². The second-order valence-corrected chi connectivity index (χ2v) is 6.17. The monoisotopic (exact) mass is 326 g/mol. The molecule has 0 aliphatic carbocycles. The molecular weight excluding hydrogens is 304 g/mol. The number of ether oxygens (including phenoxy) is 1. The maximum Gasteiger partial charge on any atom is 0.270 e. The summed E-state index contributed by atoms with van der Waals surface area (Å²) in [7, 11) is 1.67. The lowest BCUT2D eigenvalue weighted by Gasteiger charge is -2.25. The Balaban J connectivity index is 1.77. The van der Waals surface area contributed by atoms with Crippen LogP contribution in [0.25, 0.3) is 0 Å². The average Bonchev–Trinajstić information content (AvgIpc) is 3.24. The van der Waals surface area contributed by atoms with Crippen molar-refractivity contribution in [3.05, 3.63) is 53.3 Å². The fourth-order valence-corrected chi connectivity index (χ4v) is 3.32. The van der Waals surface area contributed by atoms with Crippen LogP contribution in [0.1, 0.15) is 46.2 Å². The molecule has 24 heavy (non-hydrogen) atoms. The van der Waals surface area contributed by atoms with Gasteiger partial charge in [0.05, 0.1) is 7.11 Å². The topological polar surface area (TPSA) is 62.4 Å². The molecule has 126 valence electrons. The van der Waals surface area contributed by atoms with Crippen molar-refractivity contribution in [3.8, 4) is 5.75 Å². The molecule has 1 N–H and O–H groups in total. The predicted molar refractivity (Wildman–Crippen MR) is 91.6 cm³/mol. The molecule has 1 amide bonds. The molecular formula is C19H22N2O3. The highest BCUT2D eigenvalue weighted by atomic mass is 16.5. The molecule has 2 heterocycles. The Morgan fingerprint density at radius 3 is 2.83 bits per heavy atom. The number of hydrogen-bond donors (Lipinski definition) is 1. The minimum Gasteiger partial charge on any atom is -0.496 e. The van der Waals surface area contributed by atoms with E-state index < -0.39 is 0 Å². The van der Waals surface area contributed by atoms with Crippen molar-refractivity contribution in [2.75, 3.05) is 13.7 Å². The van der Waals surface area contributed by atoms with Gasteiger partial charge in [0.2, 0.25) is 0 Å². The van der Waals surface area contributed by atoms with Crippen molar-refractivity contribution in [3.63, 3.8) is 0 Å². The summed E-state index contributed by atoms with van der Waals surface area (Å²) in [5.41, 5.74) is 2.13. The maximum absolute atomic E-state index is 12.8. The third-order valence-electron chi connectivity index (χ3n) is 4.61. The zero-order valence-electron chi connectivity index (χ0n) is 14.0. The molecule has 1 saturated heterocycles. The normalized spacial score (nSPS) is 17.1. The number of para-hydroxylation sites is 1. The Bertz CT molecular complexity index is 751. The number of methoxy groups -OCH3 is 1. The Morgan fingerprint density at radius 2 is 2.12 bits per heavy atom. The Morgan fingerprint density at radius 1 is 1.33 bits per heavy atom. The summed E-state index contributed by atoms with van der Waals surface area (Å²) in [6, 6.07) is 9.72. The lowest BCUT2D eigenvalue weighted by atomic mass is 10.0. The van der Waals surface area contributed by atoms with E-state index in [1.807, 2.05) is 29.2 Å². The number of likely N-dealkylation sites (tertiary alicyclic amines) is 1. The fraction of sp³-hybridized carbons (Fsp3) is 0.368. The summed E-state index contributed by atoms with van der Waals surface area (Å²) in [4.78, 5) is 29.0. The summed E-state index contributed by atoms with van der Waals surface area (Å²) in [5.74, 6) is 0.771. The van der Waals surface area contributed by atoms with Crippen LogP contribution in [-0.2, 0) is 6.42 Å². The molecule has 1 unspecified atom stereocenters. The molecule has 1 aromatic heterocycles. The lowest BCUT2D eigenvalue weighted by Crippen LogP contribution is -2.37. The zero-order chi connectivity index (χ0) is 17.1. The molecule has 0 radical (unpaired) electrons. The lowest BCUT2D eigenvalue weighted by molar-refractivity contribution is 0.0730. The van der Waals surface area contributed by atoms with Crippen LogP contribution < -0.4 is 4.74 Å². The zero-order valence-corrected chi connectivity index (χ0v) is 14.0. The Hall–Kier alpha value is -2.56. The van der Waals surface area contributed by atoms with Gasteiger partial charge in [-0.05, 0) is 43.9 Å². The number of aromatic nitrogens is 1. The van der Waals surface area contributed by atoms with Crippen LogP contribution in [0.3, 0.4) is 0 Å². The minimum atomic E-state index is -0.0442. The first-order valence-corrected chi connectivity index (χ1v) is 8.22. The third kappa shape index (κ3) is 3.20. The van der Waals surface area contributed by atoms with Crippen LogP contribution in [0.5, 0.6) is 5.75 Å². The van der Waals surface area contributed by atoms with Gasteiger partial charge < -0.3 is 14.6 Å². The number of nitrogens with one attached hydrogen (secondary N) is 1. The highest BCUT2D eigenvalue weighted by Crippen LogP contribution is 2.27. The number of amides is 1. The van der Waals surface area contributed by atoms with Crippen LogP contribution in [0.2, 0.25) is 0 Å². The molecule has 5 heteroatoms. The van der Waals surface area contributed by atoms with Gasteiger partial charge in [0, 0.05) is 24.3 Å². The standard InChI is InChI=1S/C19H22N2O3/c1-13(22)15-11-17(20-12-15)19(23)21-9-5-7-16(21)10-14-6-3-4-8-18(14)24-2/h3-4,6,8,11-12,16,20H,5,7,9-10H2,1-2H3. The molecule has 3 rings (SSSR count). The number of nitrogens with zero attached hydrogens (tertiary/aromatic N) is 1. The van der Waals surface area contributed by atoms with Crippen LogP contribution in [-0.4, -0.2) is 41.3 Å². The highest BCUT2D eigenvalue weighted by Gasteiger charge is 2.30. The van der Waals surface area contributed by atoms with E-state index in [-0.39, 0.29) is 17.7 Å². The van der Waals surface area contributed by atoms with Gasteiger partial charge in [0.1, 0.15) is 11.4 Å². The van der Waals surface area contributed by atoms with Crippen LogP contribution in [0, 0.1) is 0 Å². The van der Waals surface area contributed by atoms with Crippen molar-refractivity contribution < 1.29 is 14.3 Å².